The minimum absolute atomic E-state index is 0. The molecule has 0 unspecified atom stereocenters. The quantitative estimate of drug-likeness (QED) is 0.325. The van der Waals surface area contributed by atoms with Crippen LogP contribution in [0.15, 0.2) is 0 Å². The van der Waals surface area contributed by atoms with E-state index >= 15 is 0 Å². The minimum atomic E-state index is 0. The van der Waals surface area contributed by atoms with Crippen LogP contribution in [0.4, 0.5) is 0 Å². The molecule has 1 N–H and O–H groups in total. The van der Waals surface area contributed by atoms with Gasteiger partial charge in [0.1, 0.15) is 0 Å². The molecule has 0 rings (SSSR count). The first kappa shape index (κ1) is 12.5. The Morgan fingerprint density at radius 1 is 1.33 bits per heavy atom. The van der Waals surface area contributed by atoms with E-state index in [1.807, 2.05) is 0 Å². The van der Waals surface area contributed by atoms with Crippen LogP contribution in [-0.4, -0.2) is 38.6 Å². The molecule has 0 atom stereocenters. The molecule has 9 heavy (non-hydrogen) atoms. The molecule has 0 saturated heterocycles. The van der Waals surface area contributed by atoms with Gasteiger partial charge < -0.3 is 16.0 Å². The van der Waals surface area contributed by atoms with Gasteiger partial charge in [0.25, 0.3) is 0 Å². The zero-order valence-corrected chi connectivity index (χ0v) is 8.09. The van der Waals surface area contributed by atoms with Crippen LogP contribution in [0.3, 0.4) is 0 Å². The first-order valence-corrected chi connectivity index (χ1v) is 2.59. The molecule has 0 aromatic carbocycles. The second kappa shape index (κ2) is 11.6. The zero-order chi connectivity index (χ0) is 6.24. The average Bonchev–Trinajstić information content (AvgIpc) is 1.81. The number of hydrogen-bond donors (Lipinski definition) is 1. The minimum Gasteiger partial charge on any atom is -1.00 e. The number of aliphatic hydroxyl groups is 1. The van der Waals surface area contributed by atoms with Crippen LogP contribution in [0, 0.1) is 0 Å². The van der Waals surface area contributed by atoms with Crippen molar-refractivity contribution in [2.45, 2.75) is 0 Å². The summed E-state index contributed by atoms with van der Waals surface area (Å²) in [6.45, 7) is 1.66. The van der Waals surface area contributed by atoms with Gasteiger partial charge >= 0.3 is 29.6 Å². The predicted molar refractivity (Wildman–Crippen MR) is 30.9 cm³/mol. The molecule has 0 radical (unpaired) electrons. The molecule has 0 aliphatic heterocycles. The summed E-state index contributed by atoms with van der Waals surface area (Å²) in [5.41, 5.74) is 0. The summed E-state index contributed by atoms with van der Waals surface area (Å²) >= 11 is 0. The number of aliphatic hydroxyl groups excluding tert-OH is 1. The predicted octanol–water partition coefficient (Wildman–Crippen LogP) is -3.24. The third-order valence-corrected chi connectivity index (χ3v) is 0.667. The smallest absolute Gasteiger partial charge is 1.00 e. The molecule has 3 nitrogen and oxygen atoms in total. The molecule has 0 saturated carbocycles. The maximum Gasteiger partial charge on any atom is 1.00 e. The largest absolute Gasteiger partial charge is 1.00 e. The molecule has 0 aliphatic carbocycles. The van der Waals surface area contributed by atoms with Crippen molar-refractivity contribution in [2.24, 2.45) is 0 Å². The van der Waals surface area contributed by atoms with Gasteiger partial charge in [-0.2, -0.15) is 0 Å². The van der Waals surface area contributed by atoms with Crippen molar-refractivity contribution in [2.75, 3.05) is 33.5 Å². The Bertz CT molecular complexity index is 41.9. The van der Waals surface area contributed by atoms with Crippen molar-refractivity contribution in [1.29, 1.82) is 0 Å². The average molecular weight is 144 g/mol. The fourth-order valence-electron chi connectivity index (χ4n) is 0.309. The fourth-order valence-corrected chi connectivity index (χ4v) is 0.309. The summed E-state index contributed by atoms with van der Waals surface area (Å²) in [4.78, 5) is 0. The van der Waals surface area contributed by atoms with Gasteiger partial charge in [-0.15, -0.1) is 0 Å². The molecular formula is C5H13NaO3. The summed E-state index contributed by atoms with van der Waals surface area (Å²) in [7, 11) is 1.61. The van der Waals surface area contributed by atoms with E-state index in [1.54, 1.807) is 7.11 Å². The molecule has 0 heterocycles. The molecule has 0 aromatic rings. The van der Waals surface area contributed by atoms with Crippen LogP contribution in [0.5, 0.6) is 0 Å². The van der Waals surface area contributed by atoms with Crippen LogP contribution in [-0.2, 0) is 9.47 Å². The Morgan fingerprint density at radius 2 is 2.00 bits per heavy atom. The third kappa shape index (κ3) is 12.2. The van der Waals surface area contributed by atoms with E-state index in [9.17, 15) is 0 Å². The van der Waals surface area contributed by atoms with Crippen LogP contribution in [0.25, 0.3) is 0 Å². The molecule has 0 amide bonds. The van der Waals surface area contributed by atoms with Crippen molar-refractivity contribution in [3.05, 3.63) is 0 Å². The molecule has 0 aliphatic rings. The van der Waals surface area contributed by atoms with Crippen molar-refractivity contribution >= 4 is 0 Å². The third-order valence-electron chi connectivity index (χ3n) is 0.667. The van der Waals surface area contributed by atoms with Gasteiger partial charge in [-0.1, -0.05) is 0 Å². The van der Waals surface area contributed by atoms with Gasteiger partial charge in [0.05, 0.1) is 26.4 Å². The maximum absolute atomic E-state index is 8.20. The van der Waals surface area contributed by atoms with E-state index in [2.05, 4.69) is 4.74 Å². The van der Waals surface area contributed by atoms with E-state index in [4.69, 9.17) is 9.84 Å². The summed E-state index contributed by atoms with van der Waals surface area (Å²) in [5.74, 6) is 0. The Balaban J connectivity index is -0.000000245. The number of hydrogen-bond acceptors (Lipinski definition) is 3. The monoisotopic (exact) mass is 144 g/mol. The summed E-state index contributed by atoms with van der Waals surface area (Å²) < 4.78 is 9.53. The van der Waals surface area contributed by atoms with Gasteiger partial charge in [-0.25, -0.2) is 0 Å². The van der Waals surface area contributed by atoms with Crippen LogP contribution < -0.4 is 29.6 Å². The Morgan fingerprint density at radius 3 is 2.44 bits per heavy atom. The van der Waals surface area contributed by atoms with E-state index < -0.39 is 0 Å². The molecule has 0 spiro atoms. The number of ether oxygens (including phenoxy) is 2. The van der Waals surface area contributed by atoms with Crippen LogP contribution in [0.2, 0.25) is 0 Å². The molecular weight excluding hydrogens is 131 g/mol. The SMILES string of the molecule is COCCOCCO.[H-].[Na+]. The van der Waals surface area contributed by atoms with Gasteiger partial charge in [0.15, 0.2) is 0 Å². The van der Waals surface area contributed by atoms with Gasteiger partial charge in [0, 0.05) is 7.11 Å². The van der Waals surface area contributed by atoms with Crippen molar-refractivity contribution in [1.82, 2.24) is 0 Å². The fraction of sp³-hybridized carbons (Fsp3) is 1.00. The maximum atomic E-state index is 8.20. The summed E-state index contributed by atoms with van der Waals surface area (Å²) in [5, 5.41) is 8.20. The Labute approximate surface area is 79.1 Å². The van der Waals surface area contributed by atoms with Gasteiger partial charge in [0.2, 0.25) is 0 Å². The normalized spacial score (nSPS) is 8.67. The van der Waals surface area contributed by atoms with Gasteiger partial charge in [-0.3, -0.25) is 0 Å². The van der Waals surface area contributed by atoms with Crippen molar-refractivity contribution in [3.63, 3.8) is 0 Å². The molecule has 0 fully saturated rings. The summed E-state index contributed by atoms with van der Waals surface area (Å²) in [6.07, 6.45) is 0. The van der Waals surface area contributed by atoms with E-state index in [-0.39, 0.29) is 37.6 Å². The molecule has 0 bridgehead atoms. The number of methoxy groups -OCH3 is 1. The molecule has 52 valence electrons. The van der Waals surface area contributed by atoms with E-state index in [0.717, 1.165) is 0 Å². The van der Waals surface area contributed by atoms with Crippen LogP contribution >= 0.6 is 0 Å². The Kier molecular flexibility index (Phi) is 16.2. The van der Waals surface area contributed by atoms with Crippen molar-refractivity contribution in [3.8, 4) is 0 Å². The summed E-state index contributed by atoms with van der Waals surface area (Å²) in [6, 6.07) is 0. The zero-order valence-electron chi connectivity index (χ0n) is 7.09. The van der Waals surface area contributed by atoms with E-state index in [0.29, 0.717) is 19.8 Å². The van der Waals surface area contributed by atoms with E-state index in [1.165, 1.54) is 0 Å². The van der Waals surface area contributed by atoms with Crippen LogP contribution in [0.1, 0.15) is 1.43 Å². The first-order valence-electron chi connectivity index (χ1n) is 2.59. The van der Waals surface area contributed by atoms with Gasteiger partial charge in [-0.05, 0) is 0 Å². The Hall–Kier alpha value is 0.880. The second-order valence-corrected chi connectivity index (χ2v) is 1.33. The molecule has 4 heteroatoms. The topological polar surface area (TPSA) is 38.7 Å². The number of rotatable bonds is 5. The first-order chi connectivity index (χ1) is 3.91. The molecule has 0 aromatic heterocycles. The van der Waals surface area contributed by atoms with Crippen molar-refractivity contribution < 1.29 is 45.6 Å². The second-order valence-electron chi connectivity index (χ2n) is 1.33. The standard InChI is InChI=1S/C5H12O3.Na.H/c1-7-4-5-8-3-2-6;;/h6H,2-5H2,1H3;;/q;+1;-1.